The van der Waals surface area contributed by atoms with Crippen LogP contribution in [0.1, 0.15) is 57.6 Å². The average Bonchev–Trinajstić information content (AvgIpc) is 2.52. The zero-order chi connectivity index (χ0) is 14.4. The molecule has 1 saturated heterocycles. The predicted molar refractivity (Wildman–Crippen MR) is 86.3 cm³/mol. The average molecular weight is 275 g/mol. The Morgan fingerprint density at radius 3 is 2.80 bits per heavy atom. The first-order valence-corrected chi connectivity index (χ1v) is 8.17. The van der Waals surface area contributed by atoms with E-state index in [0.29, 0.717) is 6.04 Å². The normalized spacial score (nSPS) is 20.1. The number of hydrogen-bond acceptors (Lipinski definition) is 3. The van der Waals surface area contributed by atoms with E-state index >= 15 is 0 Å². The molecule has 2 rings (SSSR count). The summed E-state index contributed by atoms with van der Waals surface area (Å²) >= 11 is 0. The van der Waals surface area contributed by atoms with Crippen molar-refractivity contribution in [2.24, 2.45) is 0 Å². The molecule has 1 unspecified atom stereocenters. The molecule has 0 saturated carbocycles. The number of piperidine rings is 1. The molecule has 1 fully saturated rings. The Bertz CT molecular complexity index is 388. The van der Waals surface area contributed by atoms with E-state index in [2.05, 4.69) is 54.0 Å². The van der Waals surface area contributed by atoms with Crippen LogP contribution in [0, 0.1) is 0 Å². The highest BCUT2D eigenvalue weighted by atomic mass is 15.2. The van der Waals surface area contributed by atoms with Crippen LogP contribution < -0.4 is 4.90 Å². The highest BCUT2D eigenvalue weighted by Crippen LogP contribution is 2.31. The van der Waals surface area contributed by atoms with E-state index in [-0.39, 0.29) is 0 Å². The Kier molecular flexibility index (Phi) is 5.84. The van der Waals surface area contributed by atoms with Gasteiger partial charge in [-0.05, 0) is 50.9 Å². The summed E-state index contributed by atoms with van der Waals surface area (Å²) in [4.78, 5) is 9.48. The quantitative estimate of drug-likeness (QED) is 0.786. The fraction of sp³-hybridized carbons (Fsp3) is 0.706. The molecule has 0 N–H and O–H groups in total. The first-order valence-electron chi connectivity index (χ1n) is 8.17. The van der Waals surface area contributed by atoms with Crippen molar-refractivity contribution in [3.05, 3.63) is 23.9 Å². The van der Waals surface area contributed by atoms with Crippen molar-refractivity contribution in [2.45, 2.75) is 52.0 Å². The zero-order valence-corrected chi connectivity index (χ0v) is 13.3. The van der Waals surface area contributed by atoms with Gasteiger partial charge in [-0.15, -0.1) is 0 Å². The number of pyridine rings is 1. The molecule has 0 radical (unpaired) electrons. The van der Waals surface area contributed by atoms with Gasteiger partial charge >= 0.3 is 0 Å². The van der Waals surface area contributed by atoms with Crippen LogP contribution in [-0.2, 0) is 0 Å². The molecule has 0 spiro atoms. The van der Waals surface area contributed by atoms with E-state index in [9.17, 15) is 0 Å². The number of hydrogen-bond donors (Lipinski definition) is 0. The molecule has 0 aromatic carbocycles. The van der Waals surface area contributed by atoms with Crippen LogP contribution >= 0.6 is 0 Å². The topological polar surface area (TPSA) is 19.4 Å². The molecule has 0 bridgehead atoms. The van der Waals surface area contributed by atoms with Crippen molar-refractivity contribution in [1.29, 1.82) is 0 Å². The summed E-state index contributed by atoms with van der Waals surface area (Å²) < 4.78 is 0. The van der Waals surface area contributed by atoms with Crippen LogP contribution in [0.15, 0.2) is 18.3 Å². The van der Waals surface area contributed by atoms with Crippen molar-refractivity contribution in [3.8, 4) is 0 Å². The molecular weight excluding hydrogens is 246 g/mol. The first-order chi connectivity index (χ1) is 9.76. The lowest BCUT2D eigenvalue weighted by molar-refractivity contribution is 0.146. The third-order valence-electron chi connectivity index (χ3n) is 4.43. The van der Waals surface area contributed by atoms with Crippen molar-refractivity contribution < 1.29 is 0 Å². The lowest BCUT2D eigenvalue weighted by atomic mass is 9.96. The van der Waals surface area contributed by atoms with E-state index in [1.165, 1.54) is 50.8 Å². The standard InChI is InChI=1S/C17H29N3/c1-4-6-12-20-13-8-7-9-16(20)15-10-11-17(18-14-15)19(3)5-2/h10-11,14,16H,4-9,12-13H2,1-3H3. The fourth-order valence-corrected chi connectivity index (χ4v) is 2.98. The molecule has 0 amide bonds. The highest BCUT2D eigenvalue weighted by Gasteiger charge is 2.23. The van der Waals surface area contributed by atoms with Crippen molar-refractivity contribution >= 4 is 5.82 Å². The van der Waals surface area contributed by atoms with E-state index in [1.54, 1.807) is 0 Å². The van der Waals surface area contributed by atoms with Crippen molar-refractivity contribution in [2.75, 3.05) is 31.6 Å². The van der Waals surface area contributed by atoms with Crippen LogP contribution in [0.2, 0.25) is 0 Å². The SMILES string of the molecule is CCCCN1CCCCC1c1ccc(N(C)CC)nc1. The van der Waals surface area contributed by atoms with Gasteiger partial charge in [0.05, 0.1) is 0 Å². The van der Waals surface area contributed by atoms with Gasteiger partial charge in [0.1, 0.15) is 5.82 Å². The summed E-state index contributed by atoms with van der Waals surface area (Å²) in [6.07, 6.45) is 8.67. The maximum Gasteiger partial charge on any atom is 0.128 e. The van der Waals surface area contributed by atoms with E-state index in [0.717, 1.165) is 12.4 Å². The van der Waals surface area contributed by atoms with Gasteiger partial charge < -0.3 is 4.90 Å². The Labute approximate surface area is 124 Å². The van der Waals surface area contributed by atoms with Crippen molar-refractivity contribution in [3.63, 3.8) is 0 Å². The molecule has 1 aromatic rings. The molecule has 1 aliphatic heterocycles. The summed E-state index contributed by atoms with van der Waals surface area (Å²) in [5, 5.41) is 0. The molecule has 2 heterocycles. The van der Waals surface area contributed by atoms with Gasteiger partial charge in [0.2, 0.25) is 0 Å². The summed E-state index contributed by atoms with van der Waals surface area (Å²) in [7, 11) is 2.09. The number of aromatic nitrogens is 1. The van der Waals surface area contributed by atoms with Crippen LogP contribution in [0.5, 0.6) is 0 Å². The summed E-state index contributed by atoms with van der Waals surface area (Å²) in [6.45, 7) is 7.91. The van der Waals surface area contributed by atoms with Gasteiger partial charge in [0.25, 0.3) is 0 Å². The third kappa shape index (κ3) is 3.72. The minimum atomic E-state index is 0.587. The van der Waals surface area contributed by atoms with Gasteiger partial charge in [-0.3, -0.25) is 4.90 Å². The number of nitrogens with zero attached hydrogens (tertiary/aromatic N) is 3. The fourth-order valence-electron chi connectivity index (χ4n) is 2.98. The molecule has 1 atom stereocenters. The molecule has 20 heavy (non-hydrogen) atoms. The molecule has 112 valence electrons. The monoisotopic (exact) mass is 275 g/mol. The number of anilines is 1. The number of likely N-dealkylation sites (tertiary alicyclic amines) is 1. The van der Waals surface area contributed by atoms with E-state index < -0.39 is 0 Å². The number of unbranched alkanes of at least 4 members (excludes halogenated alkanes) is 1. The predicted octanol–water partition coefficient (Wildman–Crippen LogP) is 3.86. The lowest BCUT2D eigenvalue weighted by Crippen LogP contribution is -2.34. The second-order valence-corrected chi connectivity index (χ2v) is 5.87. The summed E-state index contributed by atoms with van der Waals surface area (Å²) in [5.74, 6) is 1.08. The van der Waals surface area contributed by atoms with Gasteiger partial charge in [0.15, 0.2) is 0 Å². The molecule has 1 aromatic heterocycles. The Hall–Kier alpha value is -1.09. The lowest BCUT2D eigenvalue weighted by Gasteiger charge is -2.36. The molecule has 3 heteroatoms. The Morgan fingerprint density at radius 1 is 1.30 bits per heavy atom. The molecule has 3 nitrogen and oxygen atoms in total. The van der Waals surface area contributed by atoms with Crippen molar-refractivity contribution in [1.82, 2.24) is 9.88 Å². The molecule has 1 aliphatic rings. The Morgan fingerprint density at radius 2 is 2.15 bits per heavy atom. The van der Waals surface area contributed by atoms with E-state index in [4.69, 9.17) is 0 Å². The van der Waals surface area contributed by atoms with Gasteiger partial charge in [-0.1, -0.05) is 25.8 Å². The second kappa shape index (κ2) is 7.63. The minimum absolute atomic E-state index is 0.587. The largest absolute Gasteiger partial charge is 0.360 e. The smallest absolute Gasteiger partial charge is 0.128 e. The maximum absolute atomic E-state index is 4.64. The van der Waals surface area contributed by atoms with Gasteiger partial charge in [0, 0.05) is 25.8 Å². The Balaban J connectivity index is 2.07. The van der Waals surface area contributed by atoms with Gasteiger partial charge in [-0.2, -0.15) is 0 Å². The summed E-state index contributed by atoms with van der Waals surface area (Å²) in [6, 6.07) is 5.04. The van der Waals surface area contributed by atoms with Crippen LogP contribution in [-0.4, -0.2) is 36.6 Å². The molecular formula is C17H29N3. The first kappa shape index (κ1) is 15.3. The highest BCUT2D eigenvalue weighted by molar-refractivity contribution is 5.38. The molecule has 0 aliphatic carbocycles. The van der Waals surface area contributed by atoms with Crippen LogP contribution in [0.25, 0.3) is 0 Å². The minimum Gasteiger partial charge on any atom is -0.360 e. The van der Waals surface area contributed by atoms with E-state index in [1.807, 2.05) is 0 Å². The van der Waals surface area contributed by atoms with Crippen LogP contribution in [0.4, 0.5) is 5.82 Å². The zero-order valence-electron chi connectivity index (χ0n) is 13.3. The third-order valence-corrected chi connectivity index (χ3v) is 4.43. The number of rotatable bonds is 6. The van der Waals surface area contributed by atoms with Gasteiger partial charge in [-0.25, -0.2) is 4.98 Å². The summed E-state index contributed by atoms with van der Waals surface area (Å²) in [5.41, 5.74) is 1.40. The second-order valence-electron chi connectivity index (χ2n) is 5.87. The van der Waals surface area contributed by atoms with Crippen LogP contribution in [0.3, 0.4) is 0 Å². The maximum atomic E-state index is 4.64.